The minimum atomic E-state index is -1.12. The standard InChI is InChI=1S/C32H37N5O6/c1-6-7-13-25(30(41)33-22-14-15-23-20(4)24(17-28(38)39)31(42)43-26(23)16-22)37-18-27(35-36-37)32(5,19(2)3)34-29(40)21-11-9-8-10-12-21/h8-12,14-16,18-19,25H,6-7,13,17H2,1-5H3,(H,33,41)(H,34,40)(H,38,39)/t25-,32+/m0/s1. The molecular formula is C32H37N5O6. The Balaban J connectivity index is 1.60. The average Bonchev–Trinajstić information content (AvgIpc) is 3.46. The fourth-order valence-electron chi connectivity index (χ4n) is 4.90. The summed E-state index contributed by atoms with van der Waals surface area (Å²) in [4.78, 5) is 50.3. The molecule has 2 heterocycles. The van der Waals surface area contributed by atoms with E-state index in [4.69, 9.17) is 9.52 Å². The van der Waals surface area contributed by atoms with Gasteiger partial charge in [-0.05, 0) is 56.0 Å². The second-order valence-corrected chi connectivity index (χ2v) is 11.2. The number of aliphatic carboxylic acids is 1. The fourth-order valence-corrected chi connectivity index (χ4v) is 4.90. The van der Waals surface area contributed by atoms with Gasteiger partial charge in [0.25, 0.3) is 5.91 Å². The third-order valence-electron chi connectivity index (χ3n) is 7.94. The minimum absolute atomic E-state index is 0.0417. The molecule has 4 rings (SSSR count). The number of nitrogens with one attached hydrogen (secondary N) is 2. The molecule has 0 unspecified atom stereocenters. The summed E-state index contributed by atoms with van der Waals surface area (Å²) < 4.78 is 6.93. The molecule has 0 radical (unpaired) electrons. The number of hydrogen-bond donors (Lipinski definition) is 3. The number of carbonyl (C=O) groups is 3. The van der Waals surface area contributed by atoms with Crippen molar-refractivity contribution in [2.45, 2.75) is 71.9 Å². The maximum absolute atomic E-state index is 13.6. The van der Waals surface area contributed by atoms with Crippen molar-refractivity contribution in [3.63, 3.8) is 0 Å². The highest BCUT2D eigenvalue weighted by Gasteiger charge is 2.36. The Labute approximate surface area is 249 Å². The van der Waals surface area contributed by atoms with E-state index in [1.54, 1.807) is 55.6 Å². The molecule has 11 heteroatoms. The van der Waals surface area contributed by atoms with E-state index in [1.165, 1.54) is 4.68 Å². The highest BCUT2D eigenvalue weighted by atomic mass is 16.4. The van der Waals surface area contributed by atoms with Gasteiger partial charge in [-0.25, -0.2) is 9.48 Å². The number of carboxylic acids is 1. The zero-order valence-electron chi connectivity index (χ0n) is 25.0. The van der Waals surface area contributed by atoms with Crippen LogP contribution in [0.15, 0.2) is 63.9 Å². The van der Waals surface area contributed by atoms with Gasteiger partial charge in [-0.15, -0.1) is 5.10 Å². The maximum atomic E-state index is 13.6. The molecule has 2 aromatic carbocycles. The van der Waals surface area contributed by atoms with E-state index in [-0.39, 0.29) is 28.9 Å². The summed E-state index contributed by atoms with van der Waals surface area (Å²) >= 11 is 0. The molecule has 0 aliphatic carbocycles. The van der Waals surface area contributed by atoms with Crippen LogP contribution >= 0.6 is 0 Å². The van der Waals surface area contributed by atoms with Crippen molar-refractivity contribution in [3.8, 4) is 0 Å². The first-order valence-corrected chi connectivity index (χ1v) is 14.3. The van der Waals surface area contributed by atoms with Crippen molar-refractivity contribution < 1.29 is 23.9 Å². The van der Waals surface area contributed by atoms with Crippen LogP contribution in [0, 0.1) is 12.8 Å². The summed E-state index contributed by atoms with van der Waals surface area (Å²) in [5.74, 6) is -1.73. The lowest BCUT2D eigenvalue weighted by molar-refractivity contribution is -0.136. The van der Waals surface area contributed by atoms with E-state index in [2.05, 4.69) is 20.9 Å². The first-order valence-electron chi connectivity index (χ1n) is 14.3. The topological polar surface area (TPSA) is 156 Å². The lowest BCUT2D eigenvalue weighted by Gasteiger charge is -2.33. The van der Waals surface area contributed by atoms with Crippen LogP contribution in [0.25, 0.3) is 11.0 Å². The van der Waals surface area contributed by atoms with E-state index in [0.717, 1.165) is 12.8 Å². The van der Waals surface area contributed by atoms with Crippen LogP contribution in [-0.2, 0) is 21.5 Å². The fraction of sp³-hybridized carbons (Fsp3) is 0.375. The Morgan fingerprint density at radius 3 is 2.49 bits per heavy atom. The van der Waals surface area contributed by atoms with E-state index in [9.17, 15) is 19.2 Å². The predicted octanol–water partition coefficient (Wildman–Crippen LogP) is 4.99. The Hall–Kier alpha value is -4.80. The number of hydrogen-bond acceptors (Lipinski definition) is 7. The molecule has 0 saturated heterocycles. The molecule has 2 atom stereocenters. The number of anilines is 1. The Morgan fingerprint density at radius 1 is 1.12 bits per heavy atom. The third-order valence-corrected chi connectivity index (χ3v) is 7.94. The lowest BCUT2D eigenvalue weighted by Crippen LogP contribution is -2.47. The summed E-state index contributed by atoms with van der Waals surface area (Å²) in [5.41, 5.74) is 0.743. The van der Waals surface area contributed by atoms with Crippen molar-refractivity contribution in [3.05, 3.63) is 87.5 Å². The second-order valence-electron chi connectivity index (χ2n) is 11.2. The smallest absolute Gasteiger partial charge is 0.340 e. The van der Waals surface area contributed by atoms with Gasteiger partial charge >= 0.3 is 11.6 Å². The summed E-state index contributed by atoms with van der Waals surface area (Å²) in [6, 6.07) is 13.2. The number of carboxylic acid groups (broad SMARTS) is 1. The van der Waals surface area contributed by atoms with Gasteiger partial charge in [0.05, 0.1) is 23.7 Å². The molecule has 0 bridgehead atoms. The van der Waals surface area contributed by atoms with Gasteiger partial charge in [-0.1, -0.05) is 57.0 Å². The molecule has 43 heavy (non-hydrogen) atoms. The van der Waals surface area contributed by atoms with E-state index in [0.29, 0.717) is 34.3 Å². The van der Waals surface area contributed by atoms with Crippen LogP contribution in [-0.4, -0.2) is 37.9 Å². The molecule has 4 aromatic rings. The summed E-state index contributed by atoms with van der Waals surface area (Å²) in [6.45, 7) is 9.56. The number of nitrogens with zero attached hydrogens (tertiary/aromatic N) is 3. The lowest BCUT2D eigenvalue weighted by atomic mass is 9.85. The number of rotatable bonds is 12. The summed E-state index contributed by atoms with van der Waals surface area (Å²) in [6.07, 6.45) is 3.39. The van der Waals surface area contributed by atoms with Crippen LogP contribution in [0.1, 0.15) is 80.2 Å². The highest BCUT2D eigenvalue weighted by Crippen LogP contribution is 2.30. The van der Waals surface area contributed by atoms with Gasteiger partial charge in [-0.2, -0.15) is 0 Å². The van der Waals surface area contributed by atoms with Crippen LogP contribution in [0.5, 0.6) is 0 Å². The minimum Gasteiger partial charge on any atom is -0.481 e. The van der Waals surface area contributed by atoms with E-state index in [1.807, 2.05) is 33.8 Å². The first-order chi connectivity index (χ1) is 20.4. The predicted molar refractivity (Wildman–Crippen MR) is 162 cm³/mol. The van der Waals surface area contributed by atoms with Gasteiger partial charge in [0.15, 0.2) is 0 Å². The third kappa shape index (κ3) is 6.82. The molecule has 2 aromatic heterocycles. The summed E-state index contributed by atoms with van der Waals surface area (Å²) in [7, 11) is 0. The zero-order valence-corrected chi connectivity index (χ0v) is 25.0. The van der Waals surface area contributed by atoms with Crippen molar-refractivity contribution in [1.82, 2.24) is 20.3 Å². The number of carbonyl (C=O) groups excluding carboxylic acids is 2. The number of aromatic nitrogens is 3. The Kier molecular flexibility index (Phi) is 9.43. The molecule has 0 fully saturated rings. The van der Waals surface area contributed by atoms with Crippen molar-refractivity contribution in [2.24, 2.45) is 5.92 Å². The van der Waals surface area contributed by atoms with Crippen molar-refractivity contribution in [1.29, 1.82) is 0 Å². The Morgan fingerprint density at radius 2 is 1.84 bits per heavy atom. The van der Waals surface area contributed by atoms with Gasteiger partial charge in [-0.3, -0.25) is 14.4 Å². The first kappa shape index (κ1) is 31.1. The number of amides is 2. The highest BCUT2D eigenvalue weighted by molar-refractivity contribution is 5.96. The van der Waals surface area contributed by atoms with Gasteiger partial charge in [0.2, 0.25) is 5.91 Å². The maximum Gasteiger partial charge on any atom is 0.340 e. The zero-order chi connectivity index (χ0) is 31.3. The number of benzene rings is 2. The van der Waals surface area contributed by atoms with Crippen LogP contribution in [0.3, 0.4) is 0 Å². The average molecular weight is 588 g/mol. The van der Waals surface area contributed by atoms with Gasteiger partial charge < -0.3 is 20.2 Å². The molecule has 11 nitrogen and oxygen atoms in total. The molecule has 0 saturated carbocycles. The van der Waals surface area contributed by atoms with E-state index < -0.39 is 29.6 Å². The largest absolute Gasteiger partial charge is 0.481 e. The van der Waals surface area contributed by atoms with Crippen LogP contribution in [0.2, 0.25) is 0 Å². The van der Waals surface area contributed by atoms with Gasteiger partial charge in [0.1, 0.15) is 17.3 Å². The van der Waals surface area contributed by atoms with Crippen LogP contribution in [0.4, 0.5) is 5.69 Å². The monoisotopic (exact) mass is 587 g/mol. The molecule has 0 aliphatic heterocycles. The summed E-state index contributed by atoms with van der Waals surface area (Å²) in [5, 5.41) is 24.4. The second kappa shape index (κ2) is 13.0. The number of aryl methyl sites for hydroxylation is 1. The van der Waals surface area contributed by atoms with Crippen molar-refractivity contribution >= 4 is 34.4 Å². The molecule has 3 N–H and O–H groups in total. The van der Waals surface area contributed by atoms with Crippen molar-refractivity contribution in [2.75, 3.05) is 5.32 Å². The molecule has 0 spiro atoms. The molecule has 0 aliphatic rings. The quantitative estimate of drug-likeness (QED) is 0.196. The normalized spacial score (nSPS) is 13.4. The molecule has 2 amide bonds. The SMILES string of the molecule is CCCC[C@@H](C(=O)Nc1ccc2c(C)c(CC(=O)O)c(=O)oc2c1)n1cc([C@](C)(NC(=O)c2ccccc2)C(C)C)nn1. The molecule has 226 valence electrons. The van der Waals surface area contributed by atoms with Crippen LogP contribution < -0.4 is 16.3 Å². The number of unbranched alkanes of at least 4 members (excludes halogenated alkanes) is 1. The van der Waals surface area contributed by atoms with E-state index >= 15 is 0 Å². The Bertz CT molecular complexity index is 1690. The molecular weight excluding hydrogens is 550 g/mol. The van der Waals surface area contributed by atoms with Gasteiger partial charge in [0, 0.05) is 22.7 Å². The number of fused-ring (bicyclic) bond motifs is 1.